The molecule has 0 aliphatic heterocycles. The van der Waals surface area contributed by atoms with Crippen molar-refractivity contribution in [2.24, 2.45) is 5.92 Å². The third kappa shape index (κ3) is 4.00. The molecule has 21 heavy (non-hydrogen) atoms. The van der Waals surface area contributed by atoms with Gasteiger partial charge in [0.15, 0.2) is 0 Å². The van der Waals surface area contributed by atoms with Crippen molar-refractivity contribution in [3.63, 3.8) is 0 Å². The largest absolute Gasteiger partial charge is 0.493 e. The molecule has 1 N–H and O–H groups in total. The molecular weight excluding hydrogens is 330 g/mol. The number of para-hydroxylation sites is 1. The Morgan fingerprint density at radius 1 is 1.48 bits per heavy atom. The van der Waals surface area contributed by atoms with Crippen molar-refractivity contribution in [2.75, 3.05) is 11.9 Å². The standard InChI is InChI=1S/C17H24BrNO2/c1-3-21-15-9-5-4-8-14(15)16(20)19-17(12-18)10-6-7-13(2)11-17/h4-5,8-9,13H,3,6-7,10-12H2,1-2H3,(H,19,20). The van der Waals surface area contributed by atoms with E-state index in [2.05, 4.69) is 28.2 Å². The minimum atomic E-state index is -0.131. The molecule has 0 aromatic heterocycles. The minimum absolute atomic E-state index is 0.0346. The summed E-state index contributed by atoms with van der Waals surface area (Å²) >= 11 is 3.60. The maximum Gasteiger partial charge on any atom is 0.255 e. The molecule has 1 amide bonds. The summed E-state index contributed by atoms with van der Waals surface area (Å²) in [7, 11) is 0. The molecule has 0 heterocycles. The Bertz CT molecular complexity index is 491. The lowest BCUT2D eigenvalue weighted by Crippen LogP contribution is -2.52. The number of carbonyl (C=O) groups excluding carboxylic acids is 1. The summed E-state index contributed by atoms with van der Waals surface area (Å²) in [5, 5.41) is 4.06. The van der Waals surface area contributed by atoms with Crippen LogP contribution in [0.25, 0.3) is 0 Å². The van der Waals surface area contributed by atoms with Crippen LogP contribution in [0.1, 0.15) is 49.9 Å². The van der Waals surface area contributed by atoms with Crippen LogP contribution in [0.2, 0.25) is 0 Å². The number of benzene rings is 1. The fraction of sp³-hybridized carbons (Fsp3) is 0.588. The van der Waals surface area contributed by atoms with Crippen LogP contribution < -0.4 is 10.1 Å². The normalized spacial score (nSPS) is 25.4. The Kier molecular flexibility index (Phi) is 5.68. The van der Waals surface area contributed by atoms with E-state index in [-0.39, 0.29) is 11.4 Å². The van der Waals surface area contributed by atoms with Crippen LogP contribution in [0.3, 0.4) is 0 Å². The second kappa shape index (κ2) is 7.30. The highest BCUT2D eigenvalue weighted by molar-refractivity contribution is 9.09. The van der Waals surface area contributed by atoms with E-state index in [1.54, 1.807) is 0 Å². The molecule has 3 nitrogen and oxygen atoms in total. The fourth-order valence-corrected chi connectivity index (χ4v) is 3.82. The SMILES string of the molecule is CCOc1ccccc1C(=O)NC1(CBr)CCCC(C)C1. The van der Waals surface area contributed by atoms with Crippen molar-refractivity contribution >= 4 is 21.8 Å². The zero-order valence-corrected chi connectivity index (χ0v) is 14.4. The molecular formula is C17H24BrNO2. The molecule has 2 rings (SSSR count). The molecule has 2 unspecified atom stereocenters. The first-order valence-corrected chi connectivity index (χ1v) is 8.82. The third-order valence-corrected chi connectivity index (χ3v) is 5.23. The summed E-state index contributed by atoms with van der Waals surface area (Å²) in [6.07, 6.45) is 4.48. The molecule has 1 aromatic carbocycles. The highest BCUT2D eigenvalue weighted by Gasteiger charge is 2.35. The Balaban J connectivity index is 2.16. The Morgan fingerprint density at radius 2 is 2.24 bits per heavy atom. The van der Waals surface area contributed by atoms with E-state index in [0.717, 1.165) is 18.2 Å². The molecule has 4 heteroatoms. The van der Waals surface area contributed by atoms with Gasteiger partial charge in [0.2, 0.25) is 0 Å². The van der Waals surface area contributed by atoms with E-state index in [0.29, 0.717) is 23.8 Å². The Morgan fingerprint density at radius 3 is 2.90 bits per heavy atom. The van der Waals surface area contributed by atoms with Crippen molar-refractivity contribution in [3.05, 3.63) is 29.8 Å². The number of ether oxygens (including phenoxy) is 1. The molecule has 1 aliphatic carbocycles. The van der Waals surface area contributed by atoms with Crippen molar-refractivity contribution in [1.82, 2.24) is 5.32 Å². The molecule has 0 radical (unpaired) electrons. The zero-order valence-electron chi connectivity index (χ0n) is 12.8. The summed E-state index contributed by atoms with van der Waals surface area (Å²) in [5.41, 5.74) is 0.492. The van der Waals surface area contributed by atoms with Crippen molar-refractivity contribution in [3.8, 4) is 5.75 Å². The van der Waals surface area contributed by atoms with Gasteiger partial charge in [-0.1, -0.05) is 47.8 Å². The summed E-state index contributed by atoms with van der Waals surface area (Å²) in [5.74, 6) is 1.28. The van der Waals surface area contributed by atoms with Crippen LogP contribution in [0, 0.1) is 5.92 Å². The maximum atomic E-state index is 12.7. The molecule has 1 fully saturated rings. The predicted octanol–water partition coefficient (Wildman–Crippen LogP) is 4.16. The van der Waals surface area contributed by atoms with Crippen LogP contribution in [-0.2, 0) is 0 Å². The summed E-state index contributed by atoms with van der Waals surface area (Å²) in [4.78, 5) is 12.7. The third-order valence-electron chi connectivity index (χ3n) is 4.16. The van der Waals surface area contributed by atoms with Gasteiger partial charge < -0.3 is 10.1 Å². The highest BCUT2D eigenvalue weighted by atomic mass is 79.9. The number of rotatable bonds is 5. The number of hydrogen-bond donors (Lipinski definition) is 1. The van der Waals surface area contributed by atoms with Gasteiger partial charge in [-0.05, 0) is 37.8 Å². The van der Waals surface area contributed by atoms with Gasteiger partial charge in [0.1, 0.15) is 5.75 Å². The van der Waals surface area contributed by atoms with Crippen molar-refractivity contribution in [1.29, 1.82) is 0 Å². The molecule has 1 saturated carbocycles. The van der Waals surface area contributed by atoms with Crippen LogP contribution >= 0.6 is 15.9 Å². The number of amides is 1. The smallest absolute Gasteiger partial charge is 0.255 e. The van der Waals surface area contributed by atoms with E-state index >= 15 is 0 Å². The second-order valence-corrected chi connectivity index (χ2v) is 6.56. The number of alkyl halides is 1. The lowest BCUT2D eigenvalue weighted by molar-refractivity contribution is 0.0865. The van der Waals surface area contributed by atoms with E-state index < -0.39 is 0 Å². The van der Waals surface area contributed by atoms with Crippen LogP contribution in [0.15, 0.2) is 24.3 Å². The lowest BCUT2D eigenvalue weighted by atomic mass is 9.77. The Hall–Kier alpha value is -1.03. The molecule has 1 aromatic rings. The van der Waals surface area contributed by atoms with E-state index in [4.69, 9.17) is 4.74 Å². The lowest BCUT2D eigenvalue weighted by Gasteiger charge is -2.39. The Labute approximate surface area is 135 Å². The van der Waals surface area contributed by atoms with Crippen LogP contribution in [-0.4, -0.2) is 23.4 Å². The van der Waals surface area contributed by atoms with Gasteiger partial charge in [0.05, 0.1) is 17.7 Å². The first kappa shape index (κ1) is 16.3. The molecule has 0 saturated heterocycles. The van der Waals surface area contributed by atoms with Crippen molar-refractivity contribution < 1.29 is 9.53 Å². The monoisotopic (exact) mass is 353 g/mol. The maximum absolute atomic E-state index is 12.7. The van der Waals surface area contributed by atoms with Gasteiger partial charge in [-0.15, -0.1) is 0 Å². The minimum Gasteiger partial charge on any atom is -0.493 e. The second-order valence-electron chi connectivity index (χ2n) is 6.00. The fourth-order valence-electron chi connectivity index (χ4n) is 3.17. The summed E-state index contributed by atoms with van der Waals surface area (Å²) < 4.78 is 5.56. The average molecular weight is 354 g/mol. The van der Waals surface area contributed by atoms with E-state index in [1.165, 1.54) is 12.8 Å². The van der Waals surface area contributed by atoms with Gasteiger partial charge in [-0.25, -0.2) is 0 Å². The van der Waals surface area contributed by atoms with Gasteiger partial charge in [-0.3, -0.25) is 4.79 Å². The van der Waals surface area contributed by atoms with Gasteiger partial charge in [-0.2, -0.15) is 0 Å². The topological polar surface area (TPSA) is 38.3 Å². The molecule has 0 bridgehead atoms. The summed E-state index contributed by atoms with van der Waals surface area (Å²) in [6, 6.07) is 7.45. The number of carbonyl (C=O) groups is 1. The van der Waals surface area contributed by atoms with Crippen LogP contribution in [0.5, 0.6) is 5.75 Å². The summed E-state index contributed by atoms with van der Waals surface area (Å²) in [6.45, 7) is 4.75. The zero-order chi connectivity index (χ0) is 15.3. The molecule has 2 atom stereocenters. The molecule has 1 aliphatic rings. The van der Waals surface area contributed by atoms with E-state index in [1.807, 2.05) is 31.2 Å². The van der Waals surface area contributed by atoms with E-state index in [9.17, 15) is 4.79 Å². The average Bonchev–Trinajstić information content (AvgIpc) is 2.48. The number of hydrogen-bond acceptors (Lipinski definition) is 2. The first-order valence-electron chi connectivity index (χ1n) is 7.70. The predicted molar refractivity (Wildman–Crippen MR) is 89.2 cm³/mol. The van der Waals surface area contributed by atoms with Crippen LogP contribution in [0.4, 0.5) is 0 Å². The van der Waals surface area contributed by atoms with Crippen molar-refractivity contribution in [2.45, 2.75) is 45.1 Å². The van der Waals surface area contributed by atoms with Gasteiger partial charge in [0, 0.05) is 5.33 Å². The first-order chi connectivity index (χ1) is 10.1. The number of halogens is 1. The number of nitrogens with one attached hydrogen (secondary N) is 1. The quantitative estimate of drug-likeness (QED) is 0.807. The van der Waals surface area contributed by atoms with Gasteiger partial charge in [0.25, 0.3) is 5.91 Å². The highest BCUT2D eigenvalue weighted by Crippen LogP contribution is 2.34. The molecule has 116 valence electrons. The van der Waals surface area contributed by atoms with Gasteiger partial charge >= 0.3 is 0 Å². The molecule has 0 spiro atoms.